The zero-order valence-electron chi connectivity index (χ0n) is 10.3. The zero-order chi connectivity index (χ0) is 13.0. The minimum atomic E-state index is -0.429. The standard InChI is InChI=1S/C13H17ClFNOS/c1-18-8-12(9-5-6-16-7-9)17-11-4-2-3-10(15)13(11)14/h2-4,9,12,16H,5-8H2,1H3/t9?,12-/m1/s1. The Morgan fingerprint density at radius 2 is 2.44 bits per heavy atom. The highest BCUT2D eigenvalue weighted by Crippen LogP contribution is 2.30. The van der Waals surface area contributed by atoms with Crippen LogP contribution in [-0.4, -0.2) is 31.2 Å². The Balaban J connectivity index is 2.10. The lowest BCUT2D eigenvalue weighted by molar-refractivity contribution is 0.165. The highest BCUT2D eigenvalue weighted by molar-refractivity contribution is 7.98. The smallest absolute Gasteiger partial charge is 0.145 e. The van der Waals surface area contributed by atoms with Gasteiger partial charge in [-0.25, -0.2) is 4.39 Å². The molecule has 1 aromatic carbocycles. The number of hydrogen-bond donors (Lipinski definition) is 1. The molecule has 0 aromatic heterocycles. The Morgan fingerprint density at radius 1 is 1.61 bits per heavy atom. The first kappa shape index (κ1) is 14.0. The average Bonchev–Trinajstić information content (AvgIpc) is 2.88. The number of rotatable bonds is 5. The molecule has 0 saturated carbocycles. The van der Waals surface area contributed by atoms with Crippen molar-refractivity contribution in [3.63, 3.8) is 0 Å². The van der Waals surface area contributed by atoms with Crippen LogP contribution in [-0.2, 0) is 0 Å². The molecule has 1 aromatic rings. The van der Waals surface area contributed by atoms with Gasteiger partial charge in [-0.05, 0) is 31.4 Å². The molecule has 2 rings (SSSR count). The third kappa shape index (κ3) is 3.31. The molecule has 2 nitrogen and oxygen atoms in total. The lowest BCUT2D eigenvalue weighted by atomic mass is 10.0. The summed E-state index contributed by atoms with van der Waals surface area (Å²) >= 11 is 7.66. The average molecular weight is 290 g/mol. The lowest BCUT2D eigenvalue weighted by Crippen LogP contribution is -2.31. The monoisotopic (exact) mass is 289 g/mol. The van der Waals surface area contributed by atoms with Crippen molar-refractivity contribution in [2.24, 2.45) is 5.92 Å². The van der Waals surface area contributed by atoms with Crippen molar-refractivity contribution in [3.8, 4) is 5.75 Å². The number of hydrogen-bond acceptors (Lipinski definition) is 3. The van der Waals surface area contributed by atoms with Gasteiger partial charge < -0.3 is 10.1 Å². The van der Waals surface area contributed by atoms with Crippen LogP contribution in [0.5, 0.6) is 5.75 Å². The molecular weight excluding hydrogens is 273 g/mol. The van der Waals surface area contributed by atoms with Crippen molar-refractivity contribution in [3.05, 3.63) is 29.0 Å². The van der Waals surface area contributed by atoms with Gasteiger partial charge in [0.2, 0.25) is 0 Å². The fourth-order valence-electron chi connectivity index (χ4n) is 2.16. The summed E-state index contributed by atoms with van der Waals surface area (Å²) in [4.78, 5) is 0. The van der Waals surface area contributed by atoms with Crippen LogP contribution in [0.15, 0.2) is 18.2 Å². The Kier molecular flexibility index (Phi) is 5.15. The van der Waals surface area contributed by atoms with Crippen LogP contribution >= 0.6 is 23.4 Å². The molecule has 0 amide bonds. The molecule has 1 saturated heterocycles. The Labute approximate surface area is 116 Å². The zero-order valence-corrected chi connectivity index (χ0v) is 11.9. The molecular formula is C13H17ClFNOS. The number of thioether (sulfide) groups is 1. The molecule has 0 bridgehead atoms. The molecule has 1 aliphatic heterocycles. The molecule has 0 radical (unpaired) electrons. The first-order chi connectivity index (χ1) is 8.72. The van der Waals surface area contributed by atoms with Crippen LogP contribution in [0.2, 0.25) is 5.02 Å². The summed E-state index contributed by atoms with van der Waals surface area (Å²) in [5.41, 5.74) is 0. The van der Waals surface area contributed by atoms with Crippen LogP contribution in [0.25, 0.3) is 0 Å². The predicted molar refractivity (Wildman–Crippen MR) is 75.2 cm³/mol. The summed E-state index contributed by atoms with van der Waals surface area (Å²) in [6.45, 7) is 1.98. The molecule has 0 spiro atoms. The largest absolute Gasteiger partial charge is 0.488 e. The SMILES string of the molecule is CSC[C@@H](Oc1cccc(F)c1Cl)C1CCNC1. The van der Waals surface area contributed by atoms with E-state index in [-0.39, 0.29) is 11.1 Å². The summed E-state index contributed by atoms with van der Waals surface area (Å²) in [6.07, 6.45) is 3.22. The molecule has 5 heteroatoms. The quantitative estimate of drug-likeness (QED) is 0.899. The van der Waals surface area contributed by atoms with Gasteiger partial charge in [-0.2, -0.15) is 11.8 Å². The van der Waals surface area contributed by atoms with Crippen molar-refractivity contribution in [2.75, 3.05) is 25.1 Å². The van der Waals surface area contributed by atoms with Crippen LogP contribution in [0.1, 0.15) is 6.42 Å². The minimum Gasteiger partial charge on any atom is -0.488 e. The van der Waals surface area contributed by atoms with Crippen molar-refractivity contribution < 1.29 is 9.13 Å². The number of benzene rings is 1. The molecule has 1 heterocycles. The van der Waals surface area contributed by atoms with Gasteiger partial charge in [0, 0.05) is 18.2 Å². The Morgan fingerprint density at radius 3 is 3.11 bits per heavy atom. The molecule has 18 heavy (non-hydrogen) atoms. The normalized spacial score (nSPS) is 20.9. The van der Waals surface area contributed by atoms with Crippen LogP contribution in [0.4, 0.5) is 4.39 Å². The predicted octanol–water partition coefficient (Wildman–Crippen LogP) is 3.20. The van der Waals surface area contributed by atoms with Crippen molar-refractivity contribution >= 4 is 23.4 Å². The number of ether oxygens (including phenoxy) is 1. The van der Waals surface area contributed by atoms with Gasteiger partial charge in [0.05, 0.1) is 0 Å². The molecule has 2 atom stereocenters. The maximum Gasteiger partial charge on any atom is 0.145 e. The maximum atomic E-state index is 13.4. The molecule has 0 aliphatic carbocycles. The summed E-state index contributed by atoms with van der Waals surface area (Å²) in [5, 5.41) is 3.40. The lowest BCUT2D eigenvalue weighted by Gasteiger charge is -2.24. The van der Waals surface area contributed by atoms with Gasteiger partial charge in [-0.1, -0.05) is 17.7 Å². The summed E-state index contributed by atoms with van der Waals surface area (Å²) in [5.74, 6) is 1.38. The van der Waals surface area contributed by atoms with E-state index in [0.29, 0.717) is 11.7 Å². The van der Waals surface area contributed by atoms with Crippen molar-refractivity contribution in [2.45, 2.75) is 12.5 Å². The Bertz CT molecular complexity index is 399. The molecule has 1 aliphatic rings. The van der Waals surface area contributed by atoms with Gasteiger partial charge >= 0.3 is 0 Å². The topological polar surface area (TPSA) is 21.3 Å². The first-order valence-electron chi connectivity index (χ1n) is 6.02. The van der Waals surface area contributed by atoms with E-state index in [2.05, 4.69) is 5.32 Å². The van der Waals surface area contributed by atoms with E-state index in [1.807, 2.05) is 6.26 Å². The minimum absolute atomic E-state index is 0.0781. The molecule has 1 N–H and O–H groups in total. The highest BCUT2D eigenvalue weighted by atomic mass is 35.5. The van der Waals surface area contributed by atoms with E-state index < -0.39 is 5.82 Å². The third-order valence-corrected chi connectivity index (χ3v) is 4.18. The van der Waals surface area contributed by atoms with Crippen LogP contribution in [0, 0.1) is 11.7 Å². The van der Waals surface area contributed by atoms with E-state index in [9.17, 15) is 4.39 Å². The second kappa shape index (κ2) is 6.64. The number of nitrogens with one attached hydrogen (secondary N) is 1. The fourth-order valence-corrected chi connectivity index (χ4v) is 3.00. The van der Waals surface area contributed by atoms with E-state index in [0.717, 1.165) is 25.3 Å². The maximum absolute atomic E-state index is 13.4. The van der Waals surface area contributed by atoms with Gasteiger partial charge in [0.1, 0.15) is 22.7 Å². The molecule has 100 valence electrons. The molecule has 1 unspecified atom stereocenters. The van der Waals surface area contributed by atoms with Crippen LogP contribution < -0.4 is 10.1 Å². The van der Waals surface area contributed by atoms with Gasteiger partial charge in [0.15, 0.2) is 0 Å². The van der Waals surface area contributed by atoms with E-state index >= 15 is 0 Å². The summed E-state index contributed by atoms with van der Waals surface area (Å²) in [7, 11) is 0. The van der Waals surface area contributed by atoms with Gasteiger partial charge in [-0.15, -0.1) is 0 Å². The third-order valence-electron chi connectivity index (χ3n) is 3.15. The van der Waals surface area contributed by atoms with E-state index in [1.165, 1.54) is 6.07 Å². The second-order valence-electron chi connectivity index (χ2n) is 4.42. The summed E-state index contributed by atoms with van der Waals surface area (Å²) < 4.78 is 19.3. The van der Waals surface area contributed by atoms with Gasteiger partial charge in [-0.3, -0.25) is 0 Å². The van der Waals surface area contributed by atoms with Crippen molar-refractivity contribution in [1.82, 2.24) is 5.32 Å². The second-order valence-corrected chi connectivity index (χ2v) is 5.71. The van der Waals surface area contributed by atoms with Gasteiger partial charge in [0.25, 0.3) is 0 Å². The summed E-state index contributed by atoms with van der Waals surface area (Å²) in [6, 6.07) is 4.69. The number of halogens is 2. The molecule has 1 fully saturated rings. The van der Waals surface area contributed by atoms with Crippen molar-refractivity contribution in [1.29, 1.82) is 0 Å². The van der Waals surface area contributed by atoms with E-state index in [4.69, 9.17) is 16.3 Å². The van der Waals surface area contributed by atoms with E-state index in [1.54, 1.807) is 23.9 Å². The highest BCUT2D eigenvalue weighted by Gasteiger charge is 2.26. The fraction of sp³-hybridized carbons (Fsp3) is 0.538. The Hall–Kier alpha value is -0.450. The van der Waals surface area contributed by atoms with Crippen LogP contribution in [0.3, 0.4) is 0 Å². The first-order valence-corrected chi connectivity index (χ1v) is 7.80.